The molecule has 0 radical (unpaired) electrons. The van der Waals surface area contributed by atoms with Crippen LogP contribution in [-0.4, -0.2) is 16.1 Å². The predicted molar refractivity (Wildman–Crippen MR) is 69.0 cm³/mol. The first kappa shape index (κ1) is 12.0. The number of nitrogens with one attached hydrogen (secondary N) is 2. The van der Waals surface area contributed by atoms with E-state index in [1.807, 2.05) is 12.1 Å². The summed E-state index contributed by atoms with van der Waals surface area (Å²) >= 11 is 0. The van der Waals surface area contributed by atoms with Crippen LogP contribution in [0.3, 0.4) is 0 Å². The SMILES string of the molecule is C/C=C/C(=O)NCc1n[nH]c(=O)c2ccccc12. The fourth-order valence-electron chi connectivity index (χ4n) is 1.69. The van der Waals surface area contributed by atoms with E-state index in [0.29, 0.717) is 11.1 Å². The number of aromatic amines is 1. The van der Waals surface area contributed by atoms with Gasteiger partial charge in [-0.15, -0.1) is 0 Å². The van der Waals surface area contributed by atoms with E-state index in [1.165, 1.54) is 6.08 Å². The number of carbonyl (C=O) groups excluding carboxylic acids is 1. The Bertz CT molecular complexity index is 659. The zero-order chi connectivity index (χ0) is 13.0. The van der Waals surface area contributed by atoms with Crippen molar-refractivity contribution in [1.29, 1.82) is 0 Å². The zero-order valence-electron chi connectivity index (χ0n) is 9.93. The molecular formula is C13H13N3O2. The Balaban J connectivity index is 2.32. The van der Waals surface area contributed by atoms with Gasteiger partial charge in [0.05, 0.1) is 17.6 Å². The van der Waals surface area contributed by atoms with Gasteiger partial charge in [0.2, 0.25) is 5.91 Å². The maximum Gasteiger partial charge on any atom is 0.272 e. The van der Waals surface area contributed by atoms with Crippen molar-refractivity contribution in [3.8, 4) is 0 Å². The van der Waals surface area contributed by atoms with Crippen LogP contribution in [0.15, 0.2) is 41.2 Å². The molecule has 1 aromatic carbocycles. The average Bonchev–Trinajstić information content (AvgIpc) is 2.39. The molecule has 0 fully saturated rings. The first-order valence-corrected chi connectivity index (χ1v) is 5.59. The van der Waals surface area contributed by atoms with Crippen molar-refractivity contribution >= 4 is 16.7 Å². The summed E-state index contributed by atoms with van der Waals surface area (Å²) < 4.78 is 0. The predicted octanol–water partition coefficient (Wildman–Crippen LogP) is 1.12. The quantitative estimate of drug-likeness (QED) is 0.793. The summed E-state index contributed by atoms with van der Waals surface area (Å²) in [5, 5.41) is 10.4. The van der Waals surface area contributed by atoms with Crippen LogP contribution < -0.4 is 10.9 Å². The third kappa shape index (κ3) is 2.45. The summed E-state index contributed by atoms with van der Waals surface area (Å²) in [5.74, 6) is -0.186. The number of carbonyl (C=O) groups is 1. The molecule has 0 aliphatic carbocycles. The number of allylic oxidation sites excluding steroid dienone is 1. The topological polar surface area (TPSA) is 74.8 Å². The molecule has 2 N–H and O–H groups in total. The van der Waals surface area contributed by atoms with Gasteiger partial charge >= 0.3 is 0 Å². The highest BCUT2D eigenvalue weighted by molar-refractivity contribution is 5.88. The van der Waals surface area contributed by atoms with Crippen LogP contribution >= 0.6 is 0 Å². The molecule has 1 heterocycles. The minimum absolute atomic E-state index is 0.186. The summed E-state index contributed by atoms with van der Waals surface area (Å²) in [5.41, 5.74) is 0.414. The van der Waals surface area contributed by atoms with Crippen molar-refractivity contribution < 1.29 is 4.79 Å². The maximum atomic E-state index is 11.6. The fraction of sp³-hybridized carbons (Fsp3) is 0.154. The third-order valence-corrected chi connectivity index (χ3v) is 2.52. The van der Waals surface area contributed by atoms with E-state index in [2.05, 4.69) is 15.5 Å². The van der Waals surface area contributed by atoms with E-state index in [0.717, 1.165) is 5.39 Å². The molecule has 5 nitrogen and oxygen atoms in total. The molecule has 1 aromatic heterocycles. The van der Waals surface area contributed by atoms with Gasteiger partial charge in [-0.1, -0.05) is 24.3 Å². The van der Waals surface area contributed by atoms with Gasteiger partial charge in [-0.05, 0) is 19.1 Å². The molecule has 0 aliphatic rings. The molecule has 2 aromatic rings. The largest absolute Gasteiger partial charge is 0.347 e. The Kier molecular flexibility index (Phi) is 3.52. The highest BCUT2D eigenvalue weighted by Crippen LogP contribution is 2.11. The van der Waals surface area contributed by atoms with E-state index in [9.17, 15) is 9.59 Å². The molecule has 1 amide bonds. The van der Waals surface area contributed by atoms with Crippen molar-refractivity contribution in [1.82, 2.24) is 15.5 Å². The molecule has 2 rings (SSSR count). The molecule has 0 bridgehead atoms. The van der Waals surface area contributed by atoms with Crippen LogP contribution in [0.2, 0.25) is 0 Å². The van der Waals surface area contributed by atoms with Gasteiger partial charge in [0, 0.05) is 5.39 Å². The molecule has 0 aliphatic heterocycles. The van der Waals surface area contributed by atoms with Crippen molar-refractivity contribution in [2.75, 3.05) is 0 Å². The average molecular weight is 243 g/mol. The van der Waals surface area contributed by atoms with Gasteiger partial charge in [-0.3, -0.25) is 9.59 Å². The van der Waals surface area contributed by atoms with Crippen LogP contribution in [-0.2, 0) is 11.3 Å². The molecule has 0 unspecified atom stereocenters. The van der Waals surface area contributed by atoms with Crippen LogP contribution in [0.25, 0.3) is 10.8 Å². The molecule has 92 valence electrons. The minimum Gasteiger partial charge on any atom is -0.347 e. The Morgan fingerprint density at radius 2 is 2.11 bits per heavy atom. The van der Waals surface area contributed by atoms with E-state index in [-0.39, 0.29) is 18.0 Å². The lowest BCUT2D eigenvalue weighted by Crippen LogP contribution is -2.22. The van der Waals surface area contributed by atoms with E-state index < -0.39 is 0 Å². The van der Waals surface area contributed by atoms with E-state index >= 15 is 0 Å². The van der Waals surface area contributed by atoms with E-state index in [1.54, 1.807) is 25.1 Å². The Hall–Kier alpha value is -2.43. The van der Waals surface area contributed by atoms with Crippen LogP contribution in [0.4, 0.5) is 0 Å². The minimum atomic E-state index is -0.228. The van der Waals surface area contributed by atoms with E-state index in [4.69, 9.17) is 0 Å². The number of hydrogen-bond acceptors (Lipinski definition) is 3. The molecule has 0 saturated heterocycles. The lowest BCUT2D eigenvalue weighted by Gasteiger charge is -2.05. The Labute approximate surface area is 104 Å². The second-order valence-corrected chi connectivity index (χ2v) is 3.76. The van der Waals surface area contributed by atoms with Crippen molar-refractivity contribution in [3.63, 3.8) is 0 Å². The highest BCUT2D eigenvalue weighted by atomic mass is 16.1. The second kappa shape index (κ2) is 5.27. The number of H-pyrrole nitrogens is 1. The van der Waals surface area contributed by atoms with Gasteiger partial charge in [0.25, 0.3) is 5.56 Å². The smallest absolute Gasteiger partial charge is 0.272 e. The fourth-order valence-corrected chi connectivity index (χ4v) is 1.69. The molecule has 0 saturated carbocycles. The monoisotopic (exact) mass is 243 g/mol. The molecule has 18 heavy (non-hydrogen) atoms. The molecule has 0 spiro atoms. The van der Waals surface area contributed by atoms with Gasteiger partial charge in [0.15, 0.2) is 0 Å². The summed E-state index contributed by atoms with van der Waals surface area (Å²) in [7, 11) is 0. The van der Waals surface area contributed by atoms with Crippen LogP contribution in [0, 0.1) is 0 Å². The summed E-state index contributed by atoms with van der Waals surface area (Å²) in [6, 6.07) is 7.17. The van der Waals surface area contributed by atoms with Crippen molar-refractivity contribution in [3.05, 3.63) is 52.5 Å². The molecule has 0 atom stereocenters. The number of benzene rings is 1. The molecular weight excluding hydrogens is 230 g/mol. The number of amides is 1. The lowest BCUT2D eigenvalue weighted by molar-refractivity contribution is -0.116. The third-order valence-electron chi connectivity index (χ3n) is 2.52. The standard InChI is InChI=1S/C13H13N3O2/c1-2-5-12(17)14-8-11-9-6-3-4-7-10(9)13(18)16-15-11/h2-7H,8H2,1H3,(H,14,17)(H,16,18)/b5-2+. The number of hydrogen-bond donors (Lipinski definition) is 2. The number of fused-ring (bicyclic) bond motifs is 1. The Morgan fingerprint density at radius 3 is 2.83 bits per heavy atom. The van der Waals surface area contributed by atoms with Crippen molar-refractivity contribution in [2.45, 2.75) is 13.5 Å². The van der Waals surface area contributed by atoms with Crippen LogP contribution in [0.5, 0.6) is 0 Å². The summed E-state index contributed by atoms with van der Waals surface area (Å²) in [6.07, 6.45) is 3.10. The summed E-state index contributed by atoms with van der Waals surface area (Å²) in [6.45, 7) is 2.05. The number of nitrogens with zero attached hydrogens (tertiary/aromatic N) is 1. The highest BCUT2D eigenvalue weighted by Gasteiger charge is 2.06. The first-order valence-electron chi connectivity index (χ1n) is 5.59. The maximum absolute atomic E-state index is 11.6. The van der Waals surface area contributed by atoms with Crippen LogP contribution in [0.1, 0.15) is 12.6 Å². The lowest BCUT2D eigenvalue weighted by atomic mass is 10.1. The van der Waals surface area contributed by atoms with Crippen molar-refractivity contribution in [2.24, 2.45) is 0 Å². The molecule has 5 heteroatoms. The normalized spacial score (nSPS) is 10.9. The zero-order valence-corrected chi connectivity index (χ0v) is 9.93. The van der Waals surface area contributed by atoms with Gasteiger partial charge in [0.1, 0.15) is 0 Å². The van der Waals surface area contributed by atoms with Gasteiger partial charge in [-0.25, -0.2) is 5.10 Å². The summed E-state index contributed by atoms with van der Waals surface area (Å²) in [4.78, 5) is 22.9. The van der Waals surface area contributed by atoms with Gasteiger partial charge in [-0.2, -0.15) is 5.10 Å². The second-order valence-electron chi connectivity index (χ2n) is 3.76. The number of rotatable bonds is 3. The number of aromatic nitrogens is 2. The Morgan fingerprint density at radius 1 is 1.39 bits per heavy atom. The van der Waals surface area contributed by atoms with Gasteiger partial charge < -0.3 is 5.32 Å². The first-order chi connectivity index (χ1) is 8.72.